The Morgan fingerprint density at radius 3 is 2.69 bits per heavy atom. The fraction of sp³-hybridized carbons (Fsp3) is 0.889. The van der Waals surface area contributed by atoms with E-state index >= 15 is 0 Å². The molecule has 1 amide bonds. The quantitative estimate of drug-likeness (QED) is 0.631. The molecule has 4 heteroatoms. The van der Waals surface area contributed by atoms with E-state index in [-0.39, 0.29) is 12.5 Å². The summed E-state index contributed by atoms with van der Waals surface area (Å²) in [5.74, 6) is 5.32. The first-order chi connectivity index (χ1) is 6.33. The molecule has 0 atom stereocenters. The van der Waals surface area contributed by atoms with Crippen molar-refractivity contribution < 1.29 is 9.63 Å². The molecule has 1 fully saturated rings. The molecule has 0 saturated heterocycles. The molecule has 1 saturated carbocycles. The van der Waals surface area contributed by atoms with Crippen LogP contribution in [0, 0.1) is 5.92 Å². The van der Waals surface area contributed by atoms with Crippen molar-refractivity contribution in [1.82, 2.24) is 5.32 Å². The van der Waals surface area contributed by atoms with Gasteiger partial charge in [-0.1, -0.05) is 19.3 Å². The van der Waals surface area contributed by atoms with E-state index in [4.69, 9.17) is 5.90 Å². The molecule has 0 aromatic heterocycles. The second-order valence-corrected chi connectivity index (χ2v) is 3.62. The van der Waals surface area contributed by atoms with Crippen LogP contribution in [0.4, 0.5) is 0 Å². The van der Waals surface area contributed by atoms with Gasteiger partial charge >= 0.3 is 0 Å². The molecule has 1 aliphatic rings. The summed E-state index contributed by atoms with van der Waals surface area (Å²) in [6, 6.07) is 0. The standard InChI is InChI=1S/C9H18N2O2/c10-13-7-9(12)11-6-8-4-2-1-3-5-8/h8H,1-7,10H2,(H,11,12). The van der Waals surface area contributed by atoms with Gasteiger partial charge in [0.15, 0.2) is 0 Å². The Morgan fingerprint density at radius 1 is 1.38 bits per heavy atom. The van der Waals surface area contributed by atoms with Crippen LogP contribution in [0.15, 0.2) is 0 Å². The van der Waals surface area contributed by atoms with E-state index in [0.717, 1.165) is 6.54 Å². The zero-order valence-electron chi connectivity index (χ0n) is 7.92. The maximum Gasteiger partial charge on any atom is 0.248 e. The summed E-state index contributed by atoms with van der Waals surface area (Å²) in [4.78, 5) is 15.2. The molecule has 0 aromatic rings. The van der Waals surface area contributed by atoms with Crippen LogP contribution in [0.1, 0.15) is 32.1 Å². The summed E-state index contributed by atoms with van der Waals surface area (Å²) in [5.41, 5.74) is 0. The zero-order chi connectivity index (χ0) is 9.52. The Labute approximate surface area is 78.8 Å². The van der Waals surface area contributed by atoms with Crippen molar-refractivity contribution in [2.24, 2.45) is 11.8 Å². The third-order valence-electron chi connectivity index (χ3n) is 2.53. The number of carbonyl (C=O) groups excluding carboxylic acids is 1. The first-order valence-corrected chi connectivity index (χ1v) is 4.91. The molecule has 0 bridgehead atoms. The average Bonchev–Trinajstić information content (AvgIpc) is 2.17. The average molecular weight is 186 g/mol. The Balaban J connectivity index is 2.06. The molecule has 0 aromatic carbocycles. The fourth-order valence-electron chi connectivity index (χ4n) is 1.78. The summed E-state index contributed by atoms with van der Waals surface area (Å²) in [5, 5.41) is 2.81. The fourth-order valence-corrected chi connectivity index (χ4v) is 1.78. The van der Waals surface area contributed by atoms with Crippen LogP contribution in [-0.4, -0.2) is 19.1 Å². The van der Waals surface area contributed by atoms with Gasteiger partial charge in [0.25, 0.3) is 0 Å². The smallest absolute Gasteiger partial charge is 0.248 e. The molecule has 1 aliphatic carbocycles. The molecule has 76 valence electrons. The van der Waals surface area contributed by atoms with E-state index in [0.29, 0.717) is 5.92 Å². The summed E-state index contributed by atoms with van der Waals surface area (Å²) in [6.07, 6.45) is 6.42. The summed E-state index contributed by atoms with van der Waals surface area (Å²) in [6.45, 7) is 0.745. The van der Waals surface area contributed by atoms with E-state index in [1.807, 2.05) is 0 Å². The predicted octanol–water partition coefficient (Wildman–Crippen LogP) is 0.573. The number of nitrogens with two attached hydrogens (primary N) is 1. The lowest BCUT2D eigenvalue weighted by atomic mass is 9.89. The van der Waals surface area contributed by atoms with Gasteiger partial charge in [-0.3, -0.25) is 9.63 Å². The monoisotopic (exact) mass is 186 g/mol. The Hall–Kier alpha value is -0.610. The third-order valence-corrected chi connectivity index (χ3v) is 2.53. The van der Waals surface area contributed by atoms with Gasteiger partial charge in [-0.05, 0) is 18.8 Å². The number of hydrogen-bond acceptors (Lipinski definition) is 3. The lowest BCUT2D eigenvalue weighted by Gasteiger charge is -2.21. The van der Waals surface area contributed by atoms with Crippen molar-refractivity contribution in [3.05, 3.63) is 0 Å². The second kappa shape index (κ2) is 5.94. The lowest BCUT2D eigenvalue weighted by molar-refractivity contribution is -0.126. The van der Waals surface area contributed by atoms with Crippen molar-refractivity contribution in [3.8, 4) is 0 Å². The number of amides is 1. The normalized spacial score (nSPS) is 18.5. The zero-order valence-corrected chi connectivity index (χ0v) is 7.92. The highest BCUT2D eigenvalue weighted by molar-refractivity contribution is 5.77. The van der Waals surface area contributed by atoms with Gasteiger partial charge in [-0.2, -0.15) is 0 Å². The molecule has 0 heterocycles. The van der Waals surface area contributed by atoms with Crippen molar-refractivity contribution in [2.75, 3.05) is 13.2 Å². The van der Waals surface area contributed by atoms with Crippen LogP contribution in [0.2, 0.25) is 0 Å². The van der Waals surface area contributed by atoms with E-state index in [9.17, 15) is 4.79 Å². The molecule has 3 N–H and O–H groups in total. The van der Waals surface area contributed by atoms with Crippen LogP contribution in [0.5, 0.6) is 0 Å². The molecule has 0 radical (unpaired) electrons. The van der Waals surface area contributed by atoms with Gasteiger partial charge in [0.05, 0.1) is 0 Å². The number of rotatable bonds is 4. The van der Waals surface area contributed by atoms with E-state index in [2.05, 4.69) is 10.2 Å². The third kappa shape index (κ3) is 4.24. The SMILES string of the molecule is NOCC(=O)NCC1CCCCC1. The number of hydrogen-bond donors (Lipinski definition) is 2. The second-order valence-electron chi connectivity index (χ2n) is 3.62. The Kier molecular flexibility index (Phi) is 4.78. The number of carbonyl (C=O) groups is 1. The van der Waals surface area contributed by atoms with Gasteiger partial charge in [-0.25, -0.2) is 5.90 Å². The summed E-state index contributed by atoms with van der Waals surface area (Å²) >= 11 is 0. The molecule has 0 spiro atoms. The Morgan fingerprint density at radius 2 is 2.08 bits per heavy atom. The van der Waals surface area contributed by atoms with E-state index < -0.39 is 0 Å². The highest BCUT2D eigenvalue weighted by Gasteiger charge is 2.13. The molecule has 4 nitrogen and oxygen atoms in total. The van der Waals surface area contributed by atoms with Crippen molar-refractivity contribution in [1.29, 1.82) is 0 Å². The van der Waals surface area contributed by atoms with E-state index in [1.54, 1.807) is 0 Å². The van der Waals surface area contributed by atoms with Crippen molar-refractivity contribution in [3.63, 3.8) is 0 Å². The minimum atomic E-state index is -0.118. The Bertz CT molecular complexity index is 156. The number of nitrogens with one attached hydrogen (secondary N) is 1. The van der Waals surface area contributed by atoms with Crippen molar-refractivity contribution in [2.45, 2.75) is 32.1 Å². The van der Waals surface area contributed by atoms with Crippen LogP contribution in [0.3, 0.4) is 0 Å². The highest BCUT2D eigenvalue weighted by Crippen LogP contribution is 2.22. The van der Waals surface area contributed by atoms with Crippen LogP contribution >= 0.6 is 0 Å². The van der Waals surface area contributed by atoms with Gasteiger partial charge < -0.3 is 5.32 Å². The van der Waals surface area contributed by atoms with Crippen molar-refractivity contribution >= 4 is 5.91 Å². The molecular weight excluding hydrogens is 168 g/mol. The maximum atomic E-state index is 11.0. The topological polar surface area (TPSA) is 64.3 Å². The highest BCUT2D eigenvalue weighted by atomic mass is 16.6. The summed E-state index contributed by atoms with van der Waals surface area (Å²) < 4.78 is 0. The lowest BCUT2D eigenvalue weighted by Crippen LogP contribution is -2.33. The van der Waals surface area contributed by atoms with Gasteiger partial charge in [0.2, 0.25) is 5.91 Å². The van der Waals surface area contributed by atoms with Gasteiger partial charge in [0, 0.05) is 6.54 Å². The minimum absolute atomic E-state index is 0.0350. The van der Waals surface area contributed by atoms with Gasteiger partial charge in [0.1, 0.15) is 6.61 Å². The van der Waals surface area contributed by atoms with Gasteiger partial charge in [-0.15, -0.1) is 0 Å². The maximum absolute atomic E-state index is 11.0. The largest absolute Gasteiger partial charge is 0.354 e. The molecular formula is C9H18N2O2. The van der Waals surface area contributed by atoms with Crippen LogP contribution in [0.25, 0.3) is 0 Å². The van der Waals surface area contributed by atoms with Crippen LogP contribution < -0.4 is 11.2 Å². The molecule has 1 rings (SSSR count). The molecule has 13 heavy (non-hydrogen) atoms. The molecule has 0 aliphatic heterocycles. The van der Waals surface area contributed by atoms with Crippen LogP contribution in [-0.2, 0) is 9.63 Å². The predicted molar refractivity (Wildman–Crippen MR) is 49.7 cm³/mol. The first kappa shape index (κ1) is 10.5. The first-order valence-electron chi connectivity index (χ1n) is 4.91. The minimum Gasteiger partial charge on any atom is -0.354 e. The summed E-state index contributed by atoms with van der Waals surface area (Å²) in [7, 11) is 0. The van der Waals surface area contributed by atoms with E-state index in [1.165, 1.54) is 32.1 Å². The molecule has 0 unspecified atom stereocenters.